The zero-order valence-corrected chi connectivity index (χ0v) is 11.7. The van der Waals surface area contributed by atoms with Crippen LogP contribution in [-0.2, 0) is 9.47 Å². The number of methoxy groups -OCH3 is 1. The lowest BCUT2D eigenvalue weighted by molar-refractivity contribution is 0.168. The Bertz CT molecular complexity index is 379. The van der Waals surface area contributed by atoms with Crippen molar-refractivity contribution in [1.29, 1.82) is 0 Å². The molecule has 106 valence electrons. The number of hydrogen-bond acceptors (Lipinski definition) is 4. The monoisotopic (exact) mass is 266 g/mol. The second kappa shape index (κ2) is 8.37. The summed E-state index contributed by atoms with van der Waals surface area (Å²) in [5.41, 5.74) is 1.73. The zero-order valence-electron chi connectivity index (χ0n) is 11.7. The molecule has 0 fully saturated rings. The smallest absolute Gasteiger partial charge is 0.411 e. The number of hydrogen-bond donors (Lipinski definition) is 2. The first-order chi connectivity index (χ1) is 9.15. The molecule has 0 saturated heterocycles. The summed E-state index contributed by atoms with van der Waals surface area (Å²) < 4.78 is 9.84. The maximum atomic E-state index is 11.2. The Morgan fingerprint density at radius 3 is 2.47 bits per heavy atom. The average molecular weight is 266 g/mol. The van der Waals surface area contributed by atoms with Gasteiger partial charge in [0.25, 0.3) is 0 Å². The van der Waals surface area contributed by atoms with E-state index in [4.69, 9.17) is 9.47 Å². The normalized spacial score (nSPS) is 11.7. The van der Waals surface area contributed by atoms with Crippen LogP contribution < -0.4 is 10.6 Å². The van der Waals surface area contributed by atoms with Gasteiger partial charge in [0.05, 0.1) is 6.61 Å². The minimum atomic E-state index is -0.434. The third-order valence-corrected chi connectivity index (χ3v) is 2.57. The van der Waals surface area contributed by atoms with Crippen molar-refractivity contribution in [2.75, 3.05) is 31.0 Å². The summed E-state index contributed by atoms with van der Waals surface area (Å²) in [5, 5.41) is 6.01. The summed E-state index contributed by atoms with van der Waals surface area (Å²) >= 11 is 0. The Morgan fingerprint density at radius 1 is 1.26 bits per heavy atom. The van der Waals surface area contributed by atoms with E-state index in [1.165, 1.54) is 0 Å². The van der Waals surface area contributed by atoms with Crippen molar-refractivity contribution in [1.82, 2.24) is 0 Å². The van der Waals surface area contributed by atoms with Crippen LogP contribution in [0.1, 0.15) is 20.3 Å². The summed E-state index contributed by atoms with van der Waals surface area (Å²) in [4.78, 5) is 11.2. The van der Waals surface area contributed by atoms with Gasteiger partial charge in [0.1, 0.15) is 0 Å². The topological polar surface area (TPSA) is 59.6 Å². The van der Waals surface area contributed by atoms with E-state index in [1.54, 1.807) is 14.0 Å². The van der Waals surface area contributed by atoms with E-state index >= 15 is 0 Å². The van der Waals surface area contributed by atoms with Crippen molar-refractivity contribution in [2.45, 2.75) is 26.3 Å². The number of ether oxygens (including phenoxy) is 2. The number of carbonyl (C=O) groups excluding carboxylic acids is 1. The van der Waals surface area contributed by atoms with Gasteiger partial charge >= 0.3 is 6.09 Å². The Labute approximate surface area is 114 Å². The summed E-state index contributed by atoms with van der Waals surface area (Å²) in [6.07, 6.45) is 0.510. The van der Waals surface area contributed by atoms with Gasteiger partial charge in [0.15, 0.2) is 0 Å². The molecule has 0 aromatic heterocycles. The van der Waals surface area contributed by atoms with Crippen LogP contribution in [0.5, 0.6) is 0 Å². The molecular weight excluding hydrogens is 244 g/mol. The molecule has 0 radical (unpaired) electrons. The molecule has 0 spiro atoms. The van der Waals surface area contributed by atoms with E-state index in [0.29, 0.717) is 18.3 Å². The Hall–Kier alpha value is -1.75. The lowest BCUT2D eigenvalue weighted by Crippen LogP contribution is -2.17. The fraction of sp³-hybridized carbons (Fsp3) is 0.500. The maximum Gasteiger partial charge on any atom is 0.411 e. The molecule has 0 saturated carbocycles. The van der Waals surface area contributed by atoms with Crippen LogP contribution in [0.2, 0.25) is 0 Å². The van der Waals surface area contributed by atoms with Crippen LogP contribution in [0, 0.1) is 0 Å². The zero-order chi connectivity index (χ0) is 14.1. The van der Waals surface area contributed by atoms with Gasteiger partial charge < -0.3 is 14.8 Å². The first-order valence-corrected chi connectivity index (χ1v) is 6.45. The number of nitrogens with one attached hydrogen (secondary N) is 2. The van der Waals surface area contributed by atoms with Crippen LogP contribution in [0.25, 0.3) is 0 Å². The van der Waals surface area contributed by atoms with E-state index < -0.39 is 6.09 Å². The van der Waals surface area contributed by atoms with Gasteiger partial charge in [-0.05, 0) is 44.5 Å². The molecule has 0 aliphatic rings. The van der Waals surface area contributed by atoms with E-state index in [-0.39, 0.29) is 0 Å². The molecule has 1 rings (SSSR count). The van der Waals surface area contributed by atoms with Crippen molar-refractivity contribution in [2.24, 2.45) is 0 Å². The molecule has 1 atom stereocenters. The van der Waals surface area contributed by atoms with Gasteiger partial charge in [-0.1, -0.05) is 0 Å². The summed E-state index contributed by atoms with van der Waals surface area (Å²) in [7, 11) is 1.70. The lowest BCUT2D eigenvalue weighted by Gasteiger charge is -2.15. The number of anilines is 2. The minimum absolute atomic E-state index is 0.337. The minimum Gasteiger partial charge on any atom is -0.450 e. The van der Waals surface area contributed by atoms with Crippen molar-refractivity contribution in [3.05, 3.63) is 24.3 Å². The van der Waals surface area contributed by atoms with Gasteiger partial charge in [-0.25, -0.2) is 4.79 Å². The van der Waals surface area contributed by atoms with Gasteiger partial charge in [-0.2, -0.15) is 0 Å². The van der Waals surface area contributed by atoms with Crippen LogP contribution in [0.4, 0.5) is 16.2 Å². The van der Waals surface area contributed by atoms with Crippen molar-refractivity contribution in [3.63, 3.8) is 0 Å². The van der Waals surface area contributed by atoms with Gasteiger partial charge in [-0.3, -0.25) is 5.32 Å². The molecule has 0 bridgehead atoms. The highest BCUT2D eigenvalue weighted by Crippen LogP contribution is 2.15. The van der Waals surface area contributed by atoms with Gasteiger partial charge in [0, 0.05) is 31.1 Å². The second-order valence-electron chi connectivity index (χ2n) is 4.25. The third kappa shape index (κ3) is 6.10. The summed E-state index contributed by atoms with van der Waals surface area (Å²) in [6, 6.07) is 7.85. The molecule has 2 N–H and O–H groups in total. The van der Waals surface area contributed by atoms with E-state index in [1.807, 2.05) is 24.3 Å². The average Bonchev–Trinajstić information content (AvgIpc) is 2.39. The highest BCUT2D eigenvalue weighted by atomic mass is 16.5. The summed E-state index contributed by atoms with van der Waals surface area (Å²) in [5.74, 6) is 0. The molecule has 0 heterocycles. The highest BCUT2D eigenvalue weighted by Gasteiger charge is 2.03. The predicted molar refractivity (Wildman–Crippen MR) is 76.7 cm³/mol. The molecule has 1 aromatic rings. The molecule has 5 nitrogen and oxygen atoms in total. The predicted octanol–water partition coefficient (Wildman–Crippen LogP) is 3.09. The number of rotatable bonds is 7. The Morgan fingerprint density at radius 2 is 1.89 bits per heavy atom. The molecule has 5 heteroatoms. The largest absolute Gasteiger partial charge is 0.450 e. The first-order valence-electron chi connectivity index (χ1n) is 6.45. The number of amides is 1. The maximum absolute atomic E-state index is 11.2. The summed E-state index contributed by atoms with van der Waals surface area (Å²) in [6.45, 7) is 4.97. The molecule has 0 aliphatic carbocycles. The van der Waals surface area contributed by atoms with Gasteiger partial charge in [-0.15, -0.1) is 0 Å². The van der Waals surface area contributed by atoms with Crippen LogP contribution in [-0.4, -0.2) is 32.5 Å². The molecule has 1 aromatic carbocycles. The van der Waals surface area contributed by atoms with Gasteiger partial charge in [0.2, 0.25) is 0 Å². The van der Waals surface area contributed by atoms with E-state index in [9.17, 15) is 4.79 Å². The standard InChI is InChI=1S/C14H22N2O3/c1-4-19-14(17)16-13-7-5-12(6-8-13)15-11(2)9-10-18-3/h5-8,11,15H,4,9-10H2,1-3H3,(H,16,17). The number of carbonyl (C=O) groups is 1. The molecule has 1 amide bonds. The van der Waals surface area contributed by atoms with E-state index in [0.717, 1.165) is 18.7 Å². The van der Waals surface area contributed by atoms with E-state index in [2.05, 4.69) is 17.6 Å². The SMILES string of the molecule is CCOC(=O)Nc1ccc(NC(C)CCOC)cc1. The molecular formula is C14H22N2O3. The fourth-order valence-electron chi connectivity index (χ4n) is 1.59. The Kier molecular flexibility index (Phi) is 6.74. The second-order valence-corrected chi connectivity index (χ2v) is 4.25. The van der Waals surface area contributed by atoms with Crippen LogP contribution >= 0.6 is 0 Å². The lowest BCUT2D eigenvalue weighted by atomic mass is 10.2. The first kappa shape index (κ1) is 15.3. The highest BCUT2D eigenvalue weighted by molar-refractivity contribution is 5.84. The number of benzene rings is 1. The van der Waals surface area contributed by atoms with Crippen molar-refractivity contribution in [3.8, 4) is 0 Å². The molecule has 19 heavy (non-hydrogen) atoms. The fourth-order valence-corrected chi connectivity index (χ4v) is 1.59. The van der Waals surface area contributed by atoms with Crippen molar-refractivity contribution >= 4 is 17.5 Å². The van der Waals surface area contributed by atoms with Crippen molar-refractivity contribution < 1.29 is 14.3 Å². The third-order valence-electron chi connectivity index (χ3n) is 2.57. The molecule has 1 unspecified atom stereocenters. The quantitative estimate of drug-likeness (QED) is 0.796. The van der Waals surface area contributed by atoms with Crippen LogP contribution in [0.3, 0.4) is 0 Å². The Balaban J connectivity index is 2.45. The molecule has 0 aliphatic heterocycles. The van der Waals surface area contributed by atoms with Crippen LogP contribution in [0.15, 0.2) is 24.3 Å².